The molecule has 0 amide bonds. The number of nitrogens with zero attached hydrogens (tertiary/aromatic N) is 9. The summed E-state index contributed by atoms with van der Waals surface area (Å²) in [7, 11) is 3.93. The molecule has 1 aliphatic rings. The Bertz CT molecular complexity index is 970. The van der Waals surface area contributed by atoms with Gasteiger partial charge in [-0.3, -0.25) is 0 Å². The Balaban J connectivity index is 1.59. The van der Waals surface area contributed by atoms with Crippen LogP contribution < -0.4 is 14.7 Å². The molecule has 142 valence electrons. The molecule has 3 aromatic heterocycles. The van der Waals surface area contributed by atoms with Gasteiger partial charge in [0.1, 0.15) is 18.0 Å². The predicted molar refractivity (Wildman–Crippen MR) is 106 cm³/mol. The molecular formula is C18H25N9. The highest BCUT2D eigenvalue weighted by Crippen LogP contribution is 2.25. The lowest BCUT2D eigenvalue weighted by atomic mass is 10.2. The fraction of sp³-hybridized carbons (Fsp3) is 0.500. The first-order valence-electron chi connectivity index (χ1n) is 9.14. The van der Waals surface area contributed by atoms with E-state index >= 15 is 0 Å². The summed E-state index contributed by atoms with van der Waals surface area (Å²) >= 11 is 0. The Morgan fingerprint density at radius 2 is 1.63 bits per heavy atom. The van der Waals surface area contributed by atoms with Gasteiger partial charge in [-0.1, -0.05) is 0 Å². The Kier molecular flexibility index (Phi) is 4.29. The van der Waals surface area contributed by atoms with Crippen LogP contribution in [0, 0.1) is 20.8 Å². The van der Waals surface area contributed by atoms with Crippen molar-refractivity contribution in [3.05, 3.63) is 29.3 Å². The van der Waals surface area contributed by atoms with Crippen molar-refractivity contribution in [1.82, 2.24) is 29.5 Å². The first kappa shape index (κ1) is 17.4. The van der Waals surface area contributed by atoms with Crippen LogP contribution in [0.25, 0.3) is 5.78 Å². The molecule has 1 fully saturated rings. The largest absolute Gasteiger partial charge is 0.353 e. The monoisotopic (exact) mass is 367 g/mol. The second-order valence-electron chi connectivity index (χ2n) is 7.15. The van der Waals surface area contributed by atoms with Gasteiger partial charge in [0.05, 0.1) is 0 Å². The number of hydrogen-bond acceptors (Lipinski definition) is 8. The van der Waals surface area contributed by atoms with Gasteiger partial charge in [-0.05, 0) is 20.8 Å². The average Bonchev–Trinajstić information content (AvgIpc) is 3.10. The molecule has 3 aromatic rings. The zero-order valence-electron chi connectivity index (χ0n) is 16.5. The van der Waals surface area contributed by atoms with E-state index in [1.165, 1.54) is 0 Å². The van der Waals surface area contributed by atoms with Crippen molar-refractivity contribution in [2.75, 3.05) is 55.0 Å². The van der Waals surface area contributed by atoms with Crippen molar-refractivity contribution >= 4 is 23.4 Å². The number of anilines is 3. The molecule has 0 bridgehead atoms. The standard InChI is InChI=1S/C18H25N9/c1-12-10-15(23-18(21-12)24(4)5)25-6-8-26(9-7-25)16-13(2)14(3)22-17-19-11-20-27(16)17/h10-11H,6-9H2,1-5H3. The van der Waals surface area contributed by atoms with Crippen LogP contribution in [0.5, 0.6) is 0 Å². The van der Waals surface area contributed by atoms with Crippen molar-refractivity contribution in [1.29, 1.82) is 0 Å². The van der Waals surface area contributed by atoms with E-state index in [0.717, 1.165) is 60.7 Å². The fourth-order valence-corrected chi connectivity index (χ4v) is 3.43. The van der Waals surface area contributed by atoms with Gasteiger partial charge in [0.15, 0.2) is 0 Å². The topological polar surface area (TPSA) is 78.6 Å². The average molecular weight is 367 g/mol. The third-order valence-corrected chi connectivity index (χ3v) is 5.01. The van der Waals surface area contributed by atoms with E-state index in [4.69, 9.17) is 4.98 Å². The van der Waals surface area contributed by atoms with E-state index in [0.29, 0.717) is 5.78 Å². The number of hydrogen-bond donors (Lipinski definition) is 0. The van der Waals surface area contributed by atoms with Gasteiger partial charge < -0.3 is 14.7 Å². The molecule has 4 rings (SSSR count). The second-order valence-corrected chi connectivity index (χ2v) is 7.15. The SMILES string of the molecule is Cc1cc(N2CCN(c3c(C)c(C)nc4ncnn34)CC2)nc(N(C)C)n1. The Labute approximate surface area is 158 Å². The van der Waals surface area contributed by atoms with Gasteiger partial charge >= 0.3 is 0 Å². The summed E-state index contributed by atoms with van der Waals surface area (Å²) in [6.07, 6.45) is 1.56. The second kappa shape index (κ2) is 6.64. The van der Waals surface area contributed by atoms with Crippen LogP contribution in [0.4, 0.5) is 17.6 Å². The van der Waals surface area contributed by atoms with Crippen LogP contribution in [-0.4, -0.2) is 69.8 Å². The van der Waals surface area contributed by atoms with Gasteiger partial charge in [0.2, 0.25) is 5.95 Å². The third kappa shape index (κ3) is 3.13. The molecule has 0 radical (unpaired) electrons. The molecular weight excluding hydrogens is 342 g/mol. The Hall–Kier alpha value is -2.97. The smallest absolute Gasteiger partial charge is 0.254 e. The highest BCUT2D eigenvalue weighted by molar-refractivity contribution is 5.55. The van der Waals surface area contributed by atoms with Crippen molar-refractivity contribution in [3.63, 3.8) is 0 Å². The summed E-state index contributed by atoms with van der Waals surface area (Å²) < 4.78 is 1.84. The predicted octanol–water partition coefficient (Wildman–Crippen LogP) is 1.23. The summed E-state index contributed by atoms with van der Waals surface area (Å²) in [6, 6.07) is 2.06. The number of fused-ring (bicyclic) bond motifs is 1. The highest BCUT2D eigenvalue weighted by Gasteiger charge is 2.24. The van der Waals surface area contributed by atoms with Gasteiger partial charge in [0.25, 0.3) is 5.78 Å². The number of aromatic nitrogens is 6. The first-order chi connectivity index (χ1) is 12.9. The molecule has 4 heterocycles. The minimum absolute atomic E-state index is 0.651. The molecule has 9 heteroatoms. The third-order valence-electron chi connectivity index (χ3n) is 5.01. The van der Waals surface area contributed by atoms with Crippen LogP contribution in [0.2, 0.25) is 0 Å². The molecule has 0 aliphatic carbocycles. The van der Waals surface area contributed by atoms with E-state index in [2.05, 4.69) is 42.8 Å². The Morgan fingerprint density at radius 3 is 2.33 bits per heavy atom. The summed E-state index contributed by atoms with van der Waals surface area (Å²) in [5.41, 5.74) is 3.13. The quantitative estimate of drug-likeness (QED) is 0.684. The van der Waals surface area contributed by atoms with Crippen LogP contribution >= 0.6 is 0 Å². The van der Waals surface area contributed by atoms with Gasteiger partial charge in [-0.25, -0.2) is 9.97 Å². The summed E-state index contributed by atoms with van der Waals surface area (Å²) in [5.74, 6) is 3.47. The van der Waals surface area contributed by atoms with Crippen molar-refractivity contribution in [2.24, 2.45) is 0 Å². The molecule has 0 saturated carbocycles. The van der Waals surface area contributed by atoms with E-state index in [1.807, 2.05) is 37.4 Å². The number of rotatable bonds is 3. The highest BCUT2D eigenvalue weighted by atomic mass is 15.4. The number of piperazine rings is 1. The van der Waals surface area contributed by atoms with E-state index < -0.39 is 0 Å². The van der Waals surface area contributed by atoms with E-state index in [1.54, 1.807) is 6.33 Å². The van der Waals surface area contributed by atoms with Gasteiger partial charge in [0, 0.05) is 63.3 Å². The van der Waals surface area contributed by atoms with Gasteiger partial charge in [-0.2, -0.15) is 19.6 Å². The summed E-state index contributed by atoms with van der Waals surface area (Å²) in [4.78, 5) is 24.6. The molecule has 0 N–H and O–H groups in total. The normalized spacial score (nSPS) is 14.9. The maximum atomic E-state index is 4.71. The molecule has 0 unspecified atom stereocenters. The summed E-state index contributed by atoms with van der Waals surface area (Å²) in [5, 5.41) is 4.38. The maximum Gasteiger partial charge on any atom is 0.254 e. The molecule has 27 heavy (non-hydrogen) atoms. The van der Waals surface area contributed by atoms with Crippen LogP contribution in [0.15, 0.2) is 12.4 Å². The van der Waals surface area contributed by atoms with Crippen LogP contribution in [0.1, 0.15) is 17.0 Å². The lowest BCUT2D eigenvalue weighted by Crippen LogP contribution is -2.48. The molecule has 0 aromatic carbocycles. The van der Waals surface area contributed by atoms with Crippen LogP contribution in [-0.2, 0) is 0 Å². The summed E-state index contributed by atoms with van der Waals surface area (Å²) in [6.45, 7) is 9.69. The van der Waals surface area contributed by atoms with Crippen molar-refractivity contribution < 1.29 is 0 Å². The molecule has 1 aliphatic heterocycles. The lowest BCUT2D eigenvalue weighted by molar-refractivity contribution is 0.630. The minimum atomic E-state index is 0.651. The van der Waals surface area contributed by atoms with E-state index in [-0.39, 0.29) is 0 Å². The zero-order valence-corrected chi connectivity index (χ0v) is 16.5. The van der Waals surface area contributed by atoms with Gasteiger partial charge in [-0.15, -0.1) is 0 Å². The number of aryl methyl sites for hydroxylation is 2. The molecule has 1 saturated heterocycles. The molecule has 9 nitrogen and oxygen atoms in total. The maximum absolute atomic E-state index is 4.71. The Morgan fingerprint density at radius 1 is 0.926 bits per heavy atom. The van der Waals surface area contributed by atoms with Crippen molar-refractivity contribution in [3.8, 4) is 0 Å². The minimum Gasteiger partial charge on any atom is -0.353 e. The van der Waals surface area contributed by atoms with Crippen molar-refractivity contribution in [2.45, 2.75) is 20.8 Å². The first-order valence-corrected chi connectivity index (χ1v) is 9.14. The zero-order chi connectivity index (χ0) is 19.1. The lowest BCUT2D eigenvalue weighted by Gasteiger charge is -2.37. The van der Waals surface area contributed by atoms with E-state index in [9.17, 15) is 0 Å². The molecule has 0 spiro atoms. The molecule has 0 atom stereocenters. The van der Waals surface area contributed by atoms with Crippen LogP contribution in [0.3, 0.4) is 0 Å². The fourth-order valence-electron chi connectivity index (χ4n) is 3.43.